The van der Waals surface area contributed by atoms with Gasteiger partial charge in [0.2, 0.25) is 5.91 Å². The number of carbonyl (C=O) groups is 2. The topological polar surface area (TPSA) is 37.4 Å². The molecule has 1 aliphatic rings. The molecule has 0 saturated heterocycles. The van der Waals surface area contributed by atoms with E-state index >= 15 is 0 Å². The fourth-order valence-corrected chi connectivity index (χ4v) is 1.72. The number of ketones is 1. The molecule has 0 aromatic carbocycles. The van der Waals surface area contributed by atoms with E-state index in [1.165, 1.54) is 12.2 Å². The first-order valence-corrected chi connectivity index (χ1v) is 5.42. The van der Waals surface area contributed by atoms with E-state index in [4.69, 9.17) is 0 Å². The Hall–Kier alpha value is -1.64. The molecule has 0 fully saturated rings. The van der Waals surface area contributed by atoms with E-state index in [0.29, 0.717) is 19.5 Å². The van der Waals surface area contributed by atoms with Gasteiger partial charge in [0.15, 0.2) is 5.78 Å². The van der Waals surface area contributed by atoms with Crippen LogP contribution in [0.5, 0.6) is 0 Å². The molecule has 0 bridgehead atoms. The normalized spacial score (nSPS) is 16.0. The van der Waals surface area contributed by atoms with Crippen LogP contribution in [0.25, 0.3) is 0 Å². The van der Waals surface area contributed by atoms with E-state index in [9.17, 15) is 9.59 Å². The van der Waals surface area contributed by atoms with Crippen LogP contribution in [-0.4, -0.2) is 29.7 Å². The summed E-state index contributed by atoms with van der Waals surface area (Å²) in [4.78, 5) is 24.4. The first-order valence-electron chi connectivity index (χ1n) is 5.42. The van der Waals surface area contributed by atoms with Gasteiger partial charge < -0.3 is 4.90 Å². The van der Waals surface area contributed by atoms with Gasteiger partial charge in [-0.1, -0.05) is 24.8 Å². The standard InChI is InChI=1S/C13H17NO2/c1-3-12(15)10-11-6-5-8-14(9-7-11)13(16)4-2/h3-4,6H,1-2,5,7-10H2. The highest BCUT2D eigenvalue weighted by atomic mass is 16.2. The summed E-state index contributed by atoms with van der Waals surface area (Å²) in [5.41, 5.74) is 1.10. The van der Waals surface area contributed by atoms with Crippen molar-refractivity contribution in [2.75, 3.05) is 13.1 Å². The van der Waals surface area contributed by atoms with Gasteiger partial charge in [0.1, 0.15) is 0 Å². The number of allylic oxidation sites excluding steroid dienone is 1. The first kappa shape index (κ1) is 12.4. The lowest BCUT2D eigenvalue weighted by atomic mass is 10.1. The Morgan fingerprint density at radius 2 is 2.06 bits per heavy atom. The third-order valence-corrected chi connectivity index (χ3v) is 2.65. The Bertz CT molecular complexity index is 342. The Morgan fingerprint density at radius 1 is 1.31 bits per heavy atom. The van der Waals surface area contributed by atoms with E-state index in [1.54, 1.807) is 4.90 Å². The number of rotatable bonds is 4. The summed E-state index contributed by atoms with van der Waals surface area (Å²) in [6.07, 6.45) is 6.73. The van der Waals surface area contributed by atoms with Crippen LogP contribution in [0, 0.1) is 0 Å². The van der Waals surface area contributed by atoms with Crippen LogP contribution in [0.2, 0.25) is 0 Å². The zero-order valence-corrected chi connectivity index (χ0v) is 9.45. The molecular weight excluding hydrogens is 202 g/mol. The third kappa shape index (κ3) is 3.50. The molecule has 1 rings (SSSR count). The van der Waals surface area contributed by atoms with Crippen LogP contribution in [-0.2, 0) is 9.59 Å². The molecule has 0 atom stereocenters. The maximum Gasteiger partial charge on any atom is 0.245 e. The molecule has 1 aliphatic heterocycles. The predicted octanol–water partition coefficient (Wildman–Crippen LogP) is 1.87. The molecule has 1 amide bonds. The van der Waals surface area contributed by atoms with Crippen molar-refractivity contribution in [3.05, 3.63) is 37.0 Å². The maximum atomic E-state index is 11.4. The maximum absolute atomic E-state index is 11.4. The molecule has 0 spiro atoms. The second-order valence-corrected chi connectivity index (χ2v) is 3.78. The largest absolute Gasteiger partial charge is 0.339 e. The lowest BCUT2D eigenvalue weighted by Gasteiger charge is -2.18. The molecule has 0 saturated carbocycles. The number of hydrogen-bond donors (Lipinski definition) is 0. The summed E-state index contributed by atoms with van der Waals surface area (Å²) < 4.78 is 0. The van der Waals surface area contributed by atoms with Crippen molar-refractivity contribution >= 4 is 11.7 Å². The van der Waals surface area contributed by atoms with E-state index in [1.807, 2.05) is 0 Å². The lowest BCUT2D eigenvalue weighted by Crippen LogP contribution is -2.30. The highest BCUT2D eigenvalue weighted by Gasteiger charge is 2.14. The average Bonchev–Trinajstić information content (AvgIpc) is 2.53. The van der Waals surface area contributed by atoms with Gasteiger partial charge in [0.05, 0.1) is 0 Å². The van der Waals surface area contributed by atoms with Crippen LogP contribution in [0.4, 0.5) is 0 Å². The molecule has 3 heteroatoms. The summed E-state index contributed by atoms with van der Waals surface area (Å²) in [6.45, 7) is 8.30. The Kier molecular flexibility index (Phi) is 4.70. The van der Waals surface area contributed by atoms with E-state index in [0.717, 1.165) is 18.4 Å². The molecule has 0 aliphatic carbocycles. The number of hydrogen-bond acceptors (Lipinski definition) is 2. The summed E-state index contributed by atoms with van der Waals surface area (Å²) in [5.74, 6) is -0.000514. The van der Waals surface area contributed by atoms with Gasteiger partial charge in [-0.05, 0) is 25.0 Å². The third-order valence-electron chi connectivity index (χ3n) is 2.65. The smallest absolute Gasteiger partial charge is 0.245 e. The number of carbonyl (C=O) groups excluding carboxylic acids is 2. The van der Waals surface area contributed by atoms with Crippen molar-refractivity contribution in [1.82, 2.24) is 4.90 Å². The Labute approximate surface area is 96.1 Å². The van der Waals surface area contributed by atoms with Crippen LogP contribution < -0.4 is 0 Å². The summed E-state index contributed by atoms with van der Waals surface area (Å²) in [7, 11) is 0. The Morgan fingerprint density at radius 3 is 2.69 bits per heavy atom. The highest BCUT2D eigenvalue weighted by molar-refractivity contribution is 5.91. The molecule has 0 N–H and O–H groups in total. The van der Waals surface area contributed by atoms with Gasteiger partial charge >= 0.3 is 0 Å². The van der Waals surface area contributed by atoms with E-state index in [2.05, 4.69) is 19.2 Å². The molecule has 0 aromatic rings. The summed E-state index contributed by atoms with van der Waals surface area (Å²) >= 11 is 0. The van der Waals surface area contributed by atoms with Crippen LogP contribution in [0.15, 0.2) is 37.0 Å². The fraction of sp³-hybridized carbons (Fsp3) is 0.385. The van der Waals surface area contributed by atoms with Crippen molar-refractivity contribution in [2.24, 2.45) is 0 Å². The van der Waals surface area contributed by atoms with Gasteiger partial charge in [-0.2, -0.15) is 0 Å². The average molecular weight is 219 g/mol. The molecule has 1 heterocycles. The van der Waals surface area contributed by atoms with E-state index < -0.39 is 0 Å². The minimum atomic E-state index is -0.0373. The van der Waals surface area contributed by atoms with Gasteiger partial charge in [0, 0.05) is 19.5 Å². The zero-order valence-electron chi connectivity index (χ0n) is 9.45. The SMILES string of the molecule is C=CC(=O)CC1=CCCN(C(=O)C=C)CC1. The van der Waals surface area contributed by atoms with Crippen molar-refractivity contribution in [2.45, 2.75) is 19.3 Å². The highest BCUT2D eigenvalue weighted by Crippen LogP contribution is 2.15. The number of amides is 1. The molecule has 0 aromatic heterocycles. The van der Waals surface area contributed by atoms with Crippen molar-refractivity contribution in [3.63, 3.8) is 0 Å². The van der Waals surface area contributed by atoms with Crippen molar-refractivity contribution in [3.8, 4) is 0 Å². The quantitative estimate of drug-likeness (QED) is 0.534. The second-order valence-electron chi connectivity index (χ2n) is 3.78. The minimum absolute atomic E-state index is 0.0368. The van der Waals surface area contributed by atoms with Crippen molar-refractivity contribution < 1.29 is 9.59 Å². The monoisotopic (exact) mass is 219 g/mol. The molecular formula is C13H17NO2. The van der Waals surface area contributed by atoms with Gasteiger partial charge in [0.25, 0.3) is 0 Å². The molecule has 0 unspecified atom stereocenters. The van der Waals surface area contributed by atoms with Crippen LogP contribution >= 0.6 is 0 Å². The molecule has 3 nitrogen and oxygen atoms in total. The van der Waals surface area contributed by atoms with Crippen LogP contribution in [0.3, 0.4) is 0 Å². The minimum Gasteiger partial charge on any atom is -0.339 e. The molecule has 86 valence electrons. The lowest BCUT2D eigenvalue weighted by molar-refractivity contribution is -0.125. The first-order chi connectivity index (χ1) is 7.67. The number of nitrogens with zero attached hydrogens (tertiary/aromatic N) is 1. The van der Waals surface area contributed by atoms with Gasteiger partial charge in [-0.25, -0.2) is 0 Å². The summed E-state index contributed by atoms with van der Waals surface area (Å²) in [6, 6.07) is 0. The van der Waals surface area contributed by atoms with Crippen LogP contribution in [0.1, 0.15) is 19.3 Å². The Balaban J connectivity index is 2.52. The molecule has 0 radical (unpaired) electrons. The predicted molar refractivity (Wildman–Crippen MR) is 63.9 cm³/mol. The molecule has 16 heavy (non-hydrogen) atoms. The zero-order chi connectivity index (χ0) is 12.0. The van der Waals surface area contributed by atoms with E-state index in [-0.39, 0.29) is 11.7 Å². The second kappa shape index (κ2) is 6.05. The van der Waals surface area contributed by atoms with Gasteiger partial charge in [-0.3, -0.25) is 9.59 Å². The summed E-state index contributed by atoms with van der Waals surface area (Å²) in [5, 5.41) is 0. The van der Waals surface area contributed by atoms with Crippen molar-refractivity contribution in [1.29, 1.82) is 0 Å². The van der Waals surface area contributed by atoms with Gasteiger partial charge in [-0.15, -0.1) is 0 Å². The fourth-order valence-electron chi connectivity index (χ4n) is 1.72.